The van der Waals surface area contributed by atoms with E-state index in [-0.39, 0.29) is 117 Å². The van der Waals surface area contributed by atoms with Gasteiger partial charge in [-0.05, 0) is 12.1 Å². The van der Waals surface area contributed by atoms with Crippen LogP contribution in [0.15, 0.2) is 52.4 Å². The molecule has 0 saturated carbocycles. The van der Waals surface area contributed by atoms with E-state index in [0.717, 1.165) is 35.2 Å². The number of nitrogens with zero attached hydrogens (tertiary/aromatic N) is 3. The molecule has 49 heavy (non-hydrogen) atoms. The average molecular weight is 794 g/mol. The summed E-state index contributed by atoms with van der Waals surface area (Å²) in [4.78, 5) is 58.3. The van der Waals surface area contributed by atoms with E-state index in [1.807, 2.05) is 0 Å². The van der Waals surface area contributed by atoms with Gasteiger partial charge in [-0.2, -0.15) is 13.4 Å². The number of fused-ring (bicyclic) bond motifs is 2. The van der Waals surface area contributed by atoms with Crippen LogP contribution in [0.3, 0.4) is 0 Å². The molecule has 0 spiro atoms. The molecular weight excluding hydrogens is 774 g/mol. The van der Waals surface area contributed by atoms with E-state index in [4.69, 9.17) is 10.5 Å². The third-order valence-electron chi connectivity index (χ3n) is 6.28. The number of phosphoric ester groups is 1. The summed E-state index contributed by atoms with van der Waals surface area (Å²) in [5.41, 5.74) is 3.99. The Hall–Kier alpha value is -0.110. The van der Waals surface area contributed by atoms with Crippen LogP contribution in [0.25, 0.3) is 21.9 Å². The van der Waals surface area contributed by atoms with Gasteiger partial charge in [-0.1, -0.05) is 24.3 Å². The summed E-state index contributed by atoms with van der Waals surface area (Å²) in [6.45, 7) is -1.17. The first-order valence-electron chi connectivity index (χ1n) is 12.3. The molecular formula is C20H20N6Na3O16P3S. The van der Waals surface area contributed by atoms with Crippen molar-refractivity contribution in [3.05, 3.63) is 53.1 Å². The molecule has 29 heteroatoms. The molecule has 7 atom stereocenters. The minimum absolute atomic E-state index is 0. The van der Waals surface area contributed by atoms with Gasteiger partial charge in [0.1, 0.15) is 23.2 Å². The van der Waals surface area contributed by atoms with Gasteiger partial charge in [-0.15, -0.1) is 0 Å². The molecule has 0 radical (unpaired) electrons. The van der Waals surface area contributed by atoms with Crippen LogP contribution in [0, 0.1) is 0 Å². The molecule has 7 N–H and O–H groups in total. The van der Waals surface area contributed by atoms with Gasteiger partial charge in [0.05, 0.1) is 12.9 Å². The van der Waals surface area contributed by atoms with Crippen LogP contribution in [-0.4, -0.2) is 67.6 Å². The zero-order chi connectivity index (χ0) is 33.8. The Morgan fingerprint density at radius 2 is 1.63 bits per heavy atom. The van der Waals surface area contributed by atoms with Crippen LogP contribution >= 0.6 is 23.4 Å². The summed E-state index contributed by atoms with van der Waals surface area (Å²) in [6, 6.07) is 6.84. The van der Waals surface area contributed by atoms with E-state index >= 15 is 0 Å². The number of anilines is 2. The SMILES string of the molecule is Nc1nc2c(ncn2[C@@H]2O[C@H](COP(=O)([O-])OP(=O)([O-])OP(=O)([O-])Nc3cccc4c(S(=O)(=O)O)cccc34)[C@@H](O)[C@H]2O)c(=O)[nH]1.[Na+].[Na+].[Na+]. The molecule has 5 rings (SSSR count). The topological polar surface area (TPSA) is 354 Å². The van der Waals surface area contributed by atoms with Gasteiger partial charge in [0.2, 0.25) is 13.7 Å². The summed E-state index contributed by atoms with van der Waals surface area (Å²) < 4.78 is 88.3. The van der Waals surface area contributed by atoms with Gasteiger partial charge in [0.15, 0.2) is 17.4 Å². The second kappa shape index (κ2) is 16.9. The molecule has 0 aliphatic carbocycles. The van der Waals surface area contributed by atoms with Gasteiger partial charge in [0.25, 0.3) is 31.3 Å². The zero-order valence-electron chi connectivity index (χ0n) is 25.4. The predicted molar refractivity (Wildman–Crippen MR) is 147 cm³/mol. The molecule has 250 valence electrons. The van der Waals surface area contributed by atoms with Gasteiger partial charge in [-0.3, -0.25) is 36.9 Å². The maximum absolute atomic E-state index is 12.5. The third kappa shape index (κ3) is 10.5. The number of phosphoric acid groups is 2. The Morgan fingerprint density at radius 1 is 1.00 bits per heavy atom. The number of nitrogens with one attached hydrogen (secondary N) is 2. The largest absolute Gasteiger partial charge is 1.00 e. The van der Waals surface area contributed by atoms with Crippen LogP contribution < -0.4 is 120 Å². The minimum atomic E-state index is -6.29. The number of hydrogen-bond donors (Lipinski definition) is 6. The fourth-order valence-electron chi connectivity index (χ4n) is 4.45. The molecule has 0 amide bonds. The van der Waals surface area contributed by atoms with Gasteiger partial charge in [-0.25, -0.2) is 9.29 Å². The smallest absolute Gasteiger partial charge is 0.761 e. The van der Waals surface area contributed by atoms with Crippen molar-refractivity contribution in [3.8, 4) is 0 Å². The van der Waals surface area contributed by atoms with Crippen LogP contribution in [0.1, 0.15) is 6.23 Å². The number of benzene rings is 2. The maximum Gasteiger partial charge on any atom is 1.00 e. The molecule has 4 aromatic rings. The van der Waals surface area contributed by atoms with Crippen molar-refractivity contribution in [1.82, 2.24) is 19.5 Å². The molecule has 3 heterocycles. The molecule has 1 saturated heterocycles. The van der Waals surface area contributed by atoms with Crippen molar-refractivity contribution in [2.24, 2.45) is 0 Å². The summed E-state index contributed by atoms with van der Waals surface area (Å²) in [7, 11) is -22.8. The number of ether oxygens (including phenoxy) is 1. The summed E-state index contributed by atoms with van der Waals surface area (Å²) in [5.74, 6) is -0.317. The number of imidazole rings is 1. The standard InChI is InChI=1S/C20H23N6O16P3S.3Na/c21-20-23-17-14(18(29)24-20)22-8-26(17)19-16(28)15(27)12(40-19)7-39-44(32,33)42-45(34,35)41-43(30,31)25-11-5-1-4-10-9(11)3-2-6-13(10)46(36,37)38;;;/h1-6,8,12,15-16,19,27-28H,7H2,(H,32,33)(H,34,35)(H2,25,30,31)(H,36,37,38)(H3,21,23,24,29);;;/q;3*+1/p-3/t12-,15-,16-,19-;;;/m1.../s1. The number of aromatic amines is 1. The van der Waals surface area contributed by atoms with Crippen molar-refractivity contribution < 1.29 is 158 Å². The van der Waals surface area contributed by atoms with Gasteiger partial charge < -0.3 is 45.0 Å². The number of nitrogens with two attached hydrogens (primary N) is 1. The fourth-order valence-corrected chi connectivity index (χ4v) is 8.75. The Morgan fingerprint density at radius 3 is 2.29 bits per heavy atom. The van der Waals surface area contributed by atoms with E-state index in [0.29, 0.717) is 0 Å². The quantitative estimate of drug-likeness (QED) is 0.0466. The monoisotopic (exact) mass is 794 g/mol. The normalized spacial score (nSPS) is 22.9. The first-order chi connectivity index (χ1) is 21.3. The number of H-pyrrole nitrogens is 1. The number of nitrogen functional groups attached to an aromatic ring is 1. The molecule has 1 aliphatic rings. The van der Waals surface area contributed by atoms with E-state index in [1.54, 1.807) is 5.09 Å². The van der Waals surface area contributed by atoms with Crippen LogP contribution in [0.4, 0.5) is 11.6 Å². The Labute approximate surface area is 341 Å². The van der Waals surface area contributed by atoms with Crippen molar-refractivity contribution in [2.45, 2.75) is 29.4 Å². The van der Waals surface area contributed by atoms with E-state index in [2.05, 4.69) is 28.1 Å². The molecule has 2 aromatic heterocycles. The number of aromatic nitrogens is 4. The van der Waals surface area contributed by atoms with Crippen LogP contribution in [0.2, 0.25) is 0 Å². The molecule has 3 unspecified atom stereocenters. The fraction of sp³-hybridized carbons (Fsp3) is 0.250. The Kier molecular flexibility index (Phi) is 15.6. The summed E-state index contributed by atoms with van der Waals surface area (Å²) >= 11 is 0. The first-order valence-corrected chi connectivity index (χ1v) is 18.2. The number of aliphatic hydroxyl groups excluding tert-OH is 2. The molecule has 1 aliphatic heterocycles. The molecule has 0 bridgehead atoms. The van der Waals surface area contributed by atoms with E-state index in [1.165, 1.54) is 12.1 Å². The van der Waals surface area contributed by atoms with E-state index in [9.17, 15) is 56.4 Å². The Balaban J connectivity index is 0.00000278. The zero-order valence-corrected chi connectivity index (χ0v) is 34.9. The van der Waals surface area contributed by atoms with Gasteiger partial charge >= 0.3 is 88.7 Å². The van der Waals surface area contributed by atoms with Gasteiger partial charge in [0, 0.05) is 16.5 Å². The summed E-state index contributed by atoms with van der Waals surface area (Å²) in [6.07, 6.45) is -5.80. The molecule has 22 nitrogen and oxygen atoms in total. The third-order valence-corrected chi connectivity index (χ3v) is 11.4. The molecule has 1 fully saturated rings. The summed E-state index contributed by atoms with van der Waals surface area (Å²) in [5, 5.41) is 22.2. The Bertz CT molecular complexity index is 2160. The van der Waals surface area contributed by atoms with Crippen LogP contribution in [-0.2, 0) is 41.7 Å². The van der Waals surface area contributed by atoms with Crippen LogP contribution in [0.5, 0.6) is 0 Å². The van der Waals surface area contributed by atoms with E-state index < -0.39 is 80.8 Å². The second-order valence-corrected chi connectivity index (χ2v) is 15.4. The maximum atomic E-state index is 12.5. The van der Waals surface area contributed by atoms with Crippen molar-refractivity contribution in [3.63, 3.8) is 0 Å². The number of aliphatic hydroxyl groups is 2. The van der Waals surface area contributed by atoms with Crippen molar-refractivity contribution >= 4 is 67.1 Å². The van der Waals surface area contributed by atoms with Crippen molar-refractivity contribution in [1.29, 1.82) is 0 Å². The molecule has 2 aromatic carbocycles. The van der Waals surface area contributed by atoms with Crippen molar-refractivity contribution in [2.75, 3.05) is 17.4 Å². The predicted octanol–water partition coefficient (Wildman–Crippen LogP) is -10.7. The first kappa shape index (κ1) is 45.0. The number of rotatable bonds is 11. The minimum Gasteiger partial charge on any atom is -0.761 e. The second-order valence-electron chi connectivity index (χ2n) is 9.42. The average Bonchev–Trinajstić information content (AvgIpc) is 3.45. The number of hydrogen-bond acceptors (Lipinski definition) is 18.